The number of hydrogen-bond donors (Lipinski definition) is 0. The van der Waals surface area contributed by atoms with Crippen molar-refractivity contribution in [2.75, 3.05) is 0 Å². The molecule has 8 heavy (non-hydrogen) atoms. The van der Waals surface area contributed by atoms with E-state index in [0.29, 0.717) is 9.52 Å². The van der Waals surface area contributed by atoms with Gasteiger partial charge in [-0.15, -0.1) is 0 Å². The molecule has 46 valence electrons. The van der Waals surface area contributed by atoms with E-state index in [1.165, 1.54) is 17.9 Å². The van der Waals surface area contributed by atoms with Crippen LogP contribution < -0.4 is 0 Å². The molecule has 0 aliphatic rings. The summed E-state index contributed by atoms with van der Waals surface area (Å²) in [5, 5.41) is 1.34. The molecule has 0 aromatic rings. The first kappa shape index (κ1) is 11.6. The van der Waals surface area contributed by atoms with Gasteiger partial charge in [0.05, 0.1) is 0 Å². The molecule has 0 amide bonds. The fraction of sp³-hybridized carbons (Fsp3) is 1.00. The third kappa shape index (κ3) is 29.1. The molecule has 0 radical (unpaired) electrons. The number of rotatable bonds is 2. The molecule has 0 bridgehead atoms. The van der Waals surface area contributed by atoms with Gasteiger partial charge in [0, 0.05) is 9.52 Å². The van der Waals surface area contributed by atoms with Crippen LogP contribution in [0.15, 0.2) is 0 Å². The summed E-state index contributed by atoms with van der Waals surface area (Å²) >= 11 is 2.21. The molecule has 0 unspecified atom stereocenters. The molecular formula is C6H17LiSi. The first-order chi connectivity index (χ1) is 3.83. The molecule has 0 nitrogen and oxygen atoms in total. The number of hydrogen-bond acceptors (Lipinski definition) is 0. The van der Waals surface area contributed by atoms with Crippen LogP contribution >= 0.6 is 0 Å². The van der Waals surface area contributed by atoms with Gasteiger partial charge in [0.25, 0.3) is 0 Å². The van der Waals surface area contributed by atoms with Crippen LogP contribution in [0.5, 0.6) is 0 Å². The molecule has 0 aliphatic carbocycles. The Morgan fingerprint density at radius 2 is 1.75 bits per heavy atom. The van der Waals surface area contributed by atoms with Crippen molar-refractivity contribution in [2.45, 2.75) is 38.0 Å². The fourth-order valence-corrected chi connectivity index (χ4v) is 0.354. The maximum atomic E-state index is 2.26. The van der Waals surface area contributed by atoms with Gasteiger partial charge in [-0.25, -0.2) is 0 Å². The molecule has 2 heteroatoms. The van der Waals surface area contributed by atoms with Gasteiger partial charge >= 0.3 is 42.6 Å². The van der Waals surface area contributed by atoms with Crippen molar-refractivity contribution in [3.05, 3.63) is 0 Å². The van der Waals surface area contributed by atoms with Crippen LogP contribution in [-0.4, -0.2) is 27.2 Å². The van der Waals surface area contributed by atoms with Gasteiger partial charge in [-0.2, -0.15) is 0 Å². The summed E-state index contributed by atoms with van der Waals surface area (Å²) in [6, 6.07) is 0. The molecule has 0 N–H and O–H groups in total. The van der Waals surface area contributed by atoms with E-state index in [-0.39, 0.29) is 0 Å². The van der Waals surface area contributed by atoms with E-state index >= 15 is 0 Å². The van der Waals surface area contributed by atoms with Crippen molar-refractivity contribution < 1.29 is 0 Å². The quantitative estimate of drug-likeness (QED) is 0.491. The third-order valence-corrected chi connectivity index (χ3v) is 0.707. The van der Waals surface area contributed by atoms with Crippen LogP contribution in [0.2, 0.25) is 18.2 Å². The Labute approximate surface area is 65.5 Å². The first-order valence-electron chi connectivity index (χ1n) is 3.83. The van der Waals surface area contributed by atoms with Crippen molar-refractivity contribution in [3.63, 3.8) is 0 Å². The standard InChI is InChI=1S/C4H9.C2H8Si.Li/c1-3-4-2;1-3-2;/h1,3-4H2,2H3;3H2,1-2H3;. The Bertz CT molecular complexity index is 22.5. The van der Waals surface area contributed by atoms with Crippen LogP contribution in [0.1, 0.15) is 19.8 Å². The Balaban J connectivity index is 0. The Morgan fingerprint density at radius 1 is 1.38 bits per heavy atom. The molecule has 0 heterocycles. The predicted molar refractivity (Wildman–Crippen MR) is 45.7 cm³/mol. The first-order valence-corrected chi connectivity index (χ1v) is 6.66. The van der Waals surface area contributed by atoms with E-state index in [4.69, 9.17) is 0 Å². The number of unbranched alkanes of at least 4 members (excludes halogenated alkanes) is 1. The van der Waals surface area contributed by atoms with Crippen LogP contribution in [0.25, 0.3) is 0 Å². The minimum absolute atomic E-state index is 0.417. The van der Waals surface area contributed by atoms with E-state index in [2.05, 4.69) is 37.7 Å². The predicted octanol–water partition coefficient (Wildman–Crippen LogP) is 1.62. The van der Waals surface area contributed by atoms with Gasteiger partial charge in [-0.1, -0.05) is 13.1 Å². The van der Waals surface area contributed by atoms with Crippen LogP contribution in [0, 0.1) is 0 Å². The summed E-state index contributed by atoms with van der Waals surface area (Å²) in [6.45, 7) is 6.74. The maximum absolute atomic E-state index is 2.26. The fourth-order valence-electron chi connectivity index (χ4n) is 0.354. The molecule has 0 atom stereocenters. The minimum atomic E-state index is 0.417. The summed E-state index contributed by atoms with van der Waals surface area (Å²) in [6.07, 6.45) is 2.73. The molecule has 0 saturated heterocycles. The van der Waals surface area contributed by atoms with Crippen LogP contribution in [0.3, 0.4) is 0 Å². The average Bonchev–Trinajstić information content (AvgIpc) is 1.71. The summed E-state index contributed by atoms with van der Waals surface area (Å²) in [7, 11) is 0.417. The van der Waals surface area contributed by atoms with Gasteiger partial charge in [0.1, 0.15) is 0 Å². The van der Waals surface area contributed by atoms with E-state index in [1.807, 2.05) is 0 Å². The molecule has 0 aromatic carbocycles. The van der Waals surface area contributed by atoms with Gasteiger partial charge in [-0.3, -0.25) is 0 Å². The van der Waals surface area contributed by atoms with Gasteiger partial charge in [0.15, 0.2) is 0 Å². The summed E-state index contributed by atoms with van der Waals surface area (Å²) in [5.74, 6) is 0. The van der Waals surface area contributed by atoms with E-state index in [0.717, 1.165) is 0 Å². The Hall–Kier alpha value is 0.814. The van der Waals surface area contributed by atoms with E-state index in [9.17, 15) is 0 Å². The second kappa shape index (κ2) is 15.7. The zero-order valence-corrected chi connectivity index (χ0v) is 8.24. The zero-order chi connectivity index (χ0) is 6.83. The van der Waals surface area contributed by atoms with E-state index < -0.39 is 0 Å². The monoisotopic (exact) mass is 124 g/mol. The van der Waals surface area contributed by atoms with Crippen molar-refractivity contribution in [3.8, 4) is 0 Å². The molecule has 0 spiro atoms. The Kier molecular flexibility index (Phi) is 22.7. The molecule has 0 saturated carbocycles. The normalized spacial score (nSPS) is 7.62. The molecule has 0 fully saturated rings. The third-order valence-electron chi connectivity index (χ3n) is 0.707. The molecule has 0 rings (SSSR count). The molecular weight excluding hydrogens is 107 g/mol. The van der Waals surface area contributed by atoms with Crippen molar-refractivity contribution >= 4 is 27.2 Å². The second-order valence-electron chi connectivity index (χ2n) is 2.06. The Morgan fingerprint density at radius 3 is 1.75 bits per heavy atom. The SMILES string of the molecule is C[SiH2]C.[Li][CH2]CCC. The zero-order valence-electron chi connectivity index (χ0n) is 6.83. The topological polar surface area (TPSA) is 0 Å². The van der Waals surface area contributed by atoms with Crippen LogP contribution in [0.4, 0.5) is 0 Å². The summed E-state index contributed by atoms with van der Waals surface area (Å²) in [5.41, 5.74) is 0. The van der Waals surface area contributed by atoms with Gasteiger partial charge in [0.2, 0.25) is 0 Å². The van der Waals surface area contributed by atoms with Crippen LogP contribution in [-0.2, 0) is 0 Å². The molecule has 0 aliphatic heterocycles. The molecule has 0 aromatic heterocycles. The van der Waals surface area contributed by atoms with E-state index in [1.54, 1.807) is 0 Å². The van der Waals surface area contributed by atoms with Crippen molar-refractivity contribution in [1.82, 2.24) is 0 Å². The van der Waals surface area contributed by atoms with Gasteiger partial charge < -0.3 is 0 Å². The second-order valence-corrected chi connectivity index (χ2v) is 3.47. The van der Waals surface area contributed by atoms with Gasteiger partial charge in [-0.05, 0) is 0 Å². The average molecular weight is 124 g/mol. The van der Waals surface area contributed by atoms with Crippen molar-refractivity contribution in [2.24, 2.45) is 0 Å². The summed E-state index contributed by atoms with van der Waals surface area (Å²) in [4.78, 5) is 0. The van der Waals surface area contributed by atoms with Crippen molar-refractivity contribution in [1.29, 1.82) is 0 Å². The summed E-state index contributed by atoms with van der Waals surface area (Å²) < 4.78 is 0.